The van der Waals surface area contributed by atoms with E-state index in [-0.39, 0.29) is 18.3 Å². The van der Waals surface area contributed by atoms with Gasteiger partial charge in [-0.25, -0.2) is 4.39 Å². The van der Waals surface area contributed by atoms with Gasteiger partial charge in [0.1, 0.15) is 17.2 Å². The predicted molar refractivity (Wildman–Crippen MR) is 81.3 cm³/mol. The van der Waals surface area contributed by atoms with Crippen molar-refractivity contribution in [3.05, 3.63) is 65.9 Å². The summed E-state index contributed by atoms with van der Waals surface area (Å²) in [5.41, 5.74) is 0.182. The molecule has 1 amide bonds. The van der Waals surface area contributed by atoms with Crippen molar-refractivity contribution >= 4 is 11.5 Å². The van der Waals surface area contributed by atoms with Crippen LogP contribution < -0.4 is 5.32 Å². The van der Waals surface area contributed by atoms with Gasteiger partial charge in [-0.2, -0.15) is 0 Å². The Hall–Kier alpha value is -2.40. The van der Waals surface area contributed by atoms with Crippen LogP contribution in [0, 0.1) is 5.82 Å². The van der Waals surface area contributed by atoms with Gasteiger partial charge in [-0.3, -0.25) is 4.79 Å². The molecule has 116 valence electrons. The van der Waals surface area contributed by atoms with E-state index in [1.165, 1.54) is 24.5 Å². The van der Waals surface area contributed by atoms with Gasteiger partial charge in [-0.15, -0.1) is 0 Å². The summed E-state index contributed by atoms with van der Waals surface area (Å²) in [7, 11) is 0. The first-order chi connectivity index (χ1) is 10.4. The number of aliphatic hydroxyl groups is 1. The van der Waals surface area contributed by atoms with Crippen molar-refractivity contribution in [3.63, 3.8) is 0 Å². The third kappa shape index (κ3) is 4.05. The second kappa shape index (κ2) is 6.58. The normalized spacial score (nSPS) is 14.5. The number of allylic oxidation sites excluding steroid dienone is 1. The smallest absolute Gasteiger partial charge is 0.244 e. The van der Waals surface area contributed by atoms with Crippen LogP contribution in [0.2, 0.25) is 0 Å². The maximum absolute atomic E-state index is 12.9. The summed E-state index contributed by atoms with van der Waals surface area (Å²) >= 11 is 0. The van der Waals surface area contributed by atoms with Gasteiger partial charge in [-0.05, 0) is 49.2 Å². The molecular formula is C17H18FNO3. The Bertz CT molecular complexity index is 658. The van der Waals surface area contributed by atoms with Gasteiger partial charge in [-0.1, -0.05) is 12.1 Å². The first-order valence-corrected chi connectivity index (χ1v) is 6.87. The number of halogens is 1. The molecule has 5 heteroatoms. The SMILES string of the molecule is CC(=CC(=O)NCC(C)(O)c1ccco1)c1ccc(F)cc1. The number of furan rings is 1. The van der Waals surface area contributed by atoms with Crippen LogP contribution in [0.15, 0.2) is 53.2 Å². The zero-order chi connectivity index (χ0) is 16.2. The molecule has 2 rings (SSSR count). The lowest BCUT2D eigenvalue weighted by molar-refractivity contribution is -0.117. The highest BCUT2D eigenvalue weighted by molar-refractivity contribution is 5.94. The topological polar surface area (TPSA) is 62.5 Å². The predicted octanol–water partition coefficient (Wildman–Crippen LogP) is 2.85. The average molecular weight is 303 g/mol. The average Bonchev–Trinajstić information content (AvgIpc) is 3.01. The molecule has 4 nitrogen and oxygen atoms in total. The minimum atomic E-state index is -1.28. The van der Waals surface area contributed by atoms with E-state index >= 15 is 0 Å². The Morgan fingerprint density at radius 1 is 1.36 bits per heavy atom. The van der Waals surface area contributed by atoms with Crippen LogP contribution in [0.5, 0.6) is 0 Å². The molecule has 0 aliphatic heterocycles. The standard InChI is InChI=1S/C17H18FNO3/c1-12(13-5-7-14(18)8-6-13)10-16(20)19-11-17(2,21)15-4-3-9-22-15/h3-10,21H,11H2,1-2H3,(H,19,20). The zero-order valence-electron chi connectivity index (χ0n) is 12.5. The fraction of sp³-hybridized carbons (Fsp3) is 0.235. The quantitative estimate of drug-likeness (QED) is 0.835. The molecule has 1 aromatic heterocycles. The number of benzene rings is 1. The van der Waals surface area contributed by atoms with Crippen molar-refractivity contribution in [2.75, 3.05) is 6.54 Å². The fourth-order valence-corrected chi connectivity index (χ4v) is 1.98. The van der Waals surface area contributed by atoms with Crippen molar-refractivity contribution in [1.82, 2.24) is 5.32 Å². The van der Waals surface area contributed by atoms with Crippen LogP contribution in [0.3, 0.4) is 0 Å². The summed E-state index contributed by atoms with van der Waals surface area (Å²) in [5, 5.41) is 12.9. The van der Waals surface area contributed by atoms with E-state index in [9.17, 15) is 14.3 Å². The fourth-order valence-electron chi connectivity index (χ4n) is 1.98. The Kier molecular flexibility index (Phi) is 4.78. The molecule has 0 aliphatic carbocycles. The highest BCUT2D eigenvalue weighted by atomic mass is 19.1. The molecule has 22 heavy (non-hydrogen) atoms. The second-order valence-electron chi connectivity index (χ2n) is 5.30. The number of nitrogens with one attached hydrogen (secondary N) is 1. The van der Waals surface area contributed by atoms with Crippen LogP contribution in [-0.2, 0) is 10.4 Å². The van der Waals surface area contributed by atoms with E-state index < -0.39 is 5.60 Å². The van der Waals surface area contributed by atoms with Gasteiger partial charge in [0, 0.05) is 6.08 Å². The van der Waals surface area contributed by atoms with Gasteiger partial charge in [0.05, 0.1) is 12.8 Å². The molecule has 1 aromatic carbocycles. The molecular weight excluding hydrogens is 285 g/mol. The molecule has 1 atom stereocenters. The summed E-state index contributed by atoms with van der Waals surface area (Å²) in [6.45, 7) is 3.34. The summed E-state index contributed by atoms with van der Waals surface area (Å²) in [5.74, 6) is -0.281. The molecule has 0 fully saturated rings. The third-order valence-corrected chi connectivity index (χ3v) is 3.31. The second-order valence-corrected chi connectivity index (χ2v) is 5.30. The molecule has 1 heterocycles. The van der Waals surface area contributed by atoms with E-state index in [0.29, 0.717) is 11.3 Å². The first kappa shape index (κ1) is 16.0. The molecule has 0 bridgehead atoms. The number of hydrogen-bond donors (Lipinski definition) is 2. The van der Waals surface area contributed by atoms with E-state index in [0.717, 1.165) is 5.56 Å². The molecule has 0 saturated carbocycles. The maximum Gasteiger partial charge on any atom is 0.244 e. The molecule has 0 radical (unpaired) electrons. The number of carbonyl (C=O) groups excluding carboxylic acids is 1. The van der Waals surface area contributed by atoms with Gasteiger partial charge in [0.2, 0.25) is 5.91 Å². The Balaban J connectivity index is 1.97. The summed E-state index contributed by atoms with van der Waals surface area (Å²) in [4.78, 5) is 11.9. The van der Waals surface area contributed by atoms with Gasteiger partial charge in [0.25, 0.3) is 0 Å². The molecule has 0 aliphatic rings. The Morgan fingerprint density at radius 2 is 2.05 bits per heavy atom. The van der Waals surface area contributed by atoms with E-state index in [1.807, 2.05) is 0 Å². The zero-order valence-corrected chi connectivity index (χ0v) is 12.5. The van der Waals surface area contributed by atoms with Gasteiger partial charge in [0.15, 0.2) is 0 Å². The molecule has 0 saturated heterocycles. The lowest BCUT2D eigenvalue weighted by Crippen LogP contribution is -2.37. The van der Waals surface area contributed by atoms with Gasteiger partial charge >= 0.3 is 0 Å². The number of hydrogen-bond acceptors (Lipinski definition) is 3. The van der Waals surface area contributed by atoms with E-state index in [1.54, 1.807) is 38.1 Å². The van der Waals surface area contributed by atoms with Crippen molar-refractivity contribution in [2.24, 2.45) is 0 Å². The molecule has 1 unspecified atom stereocenters. The molecule has 2 N–H and O–H groups in total. The maximum atomic E-state index is 12.9. The first-order valence-electron chi connectivity index (χ1n) is 6.87. The number of amides is 1. The van der Waals surface area contributed by atoms with E-state index in [2.05, 4.69) is 5.32 Å². The molecule has 0 spiro atoms. The van der Waals surface area contributed by atoms with Crippen LogP contribution >= 0.6 is 0 Å². The number of carbonyl (C=O) groups is 1. The van der Waals surface area contributed by atoms with Crippen LogP contribution in [0.4, 0.5) is 4.39 Å². The highest BCUT2D eigenvalue weighted by Crippen LogP contribution is 2.20. The van der Waals surface area contributed by atoms with Crippen molar-refractivity contribution in [3.8, 4) is 0 Å². The van der Waals surface area contributed by atoms with Crippen LogP contribution in [0.25, 0.3) is 5.57 Å². The van der Waals surface area contributed by atoms with Crippen molar-refractivity contribution in [1.29, 1.82) is 0 Å². The van der Waals surface area contributed by atoms with Crippen LogP contribution in [-0.4, -0.2) is 17.6 Å². The highest BCUT2D eigenvalue weighted by Gasteiger charge is 2.26. The summed E-state index contributed by atoms with van der Waals surface area (Å²) < 4.78 is 18.0. The lowest BCUT2D eigenvalue weighted by Gasteiger charge is -2.20. The lowest BCUT2D eigenvalue weighted by atomic mass is 10.0. The summed E-state index contributed by atoms with van der Waals surface area (Å²) in [6, 6.07) is 9.20. The Morgan fingerprint density at radius 3 is 2.64 bits per heavy atom. The summed E-state index contributed by atoms with van der Waals surface area (Å²) in [6.07, 6.45) is 2.87. The van der Waals surface area contributed by atoms with Gasteiger partial charge < -0.3 is 14.8 Å². The minimum absolute atomic E-state index is 0.0204. The van der Waals surface area contributed by atoms with E-state index in [4.69, 9.17) is 4.42 Å². The number of rotatable bonds is 5. The van der Waals surface area contributed by atoms with Crippen LogP contribution in [0.1, 0.15) is 25.2 Å². The largest absolute Gasteiger partial charge is 0.466 e. The molecule has 2 aromatic rings. The third-order valence-electron chi connectivity index (χ3n) is 3.31. The van der Waals surface area contributed by atoms with Crippen molar-refractivity contribution < 1.29 is 18.7 Å². The van der Waals surface area contributed by atoms with Crippen molar-refractivity contribution in [2.45, 2.75) is 19.4 Å². The Labute approximate surface area is 128 Å². The minimum Gasteiger partial charge on any atom is -0.466 e. The monoisotopic (exact) mass is 303 g/mol.